The summed E-state index contributed by atoms with van der Waals surface area (Å²) in [5.74, 6) is 0.335. The molecule has 0 bridgehead atoms. The van der Waals surface area contributed by atoms with E-state index in [1.165, 1.54) is 24.8 Å². The summed E-state index contributed by atoms with van der Waals surface area (Å²) in [5, 5.41) is 19.5. The molecule has 0 unspecified atom stereocenters. The number of nitriles is 1. The molecule has 0 amide bonds. The molecule has 1 fully saturated rings. The zero-order valence-electron chi connectivity index (χ0n) is 14.2. The first-order valence-corrected chi connectivity index (χ1v) is 8.88. The number of rotatable bonds is 3. The van der Waals surface area contributed by atoms with E-state index in [-0.39, 0.29) is 0 Å². The number of aliphatic hydroxyl groups excluding tert-OH is 1. The van der Waals surface area contributed by atoms with Gasteiger partial charge in [0.15, 0.2) is 0 Å². The lowest BCUT2D eigenvalue weighted by Gasteiger charge is -2.26. The number of likely N-dealkylation sites (tertiary alicyclic amines) is 1. The van der Waals surface area contributed by atoms with E-state index in [2.05, 4.69) is 22.0 Å². The highest BCUT2D eigenvalue weighted by Gasteiger charge is 2.24. The van der Waals surface area contributed by atoms with Crippen molar-refractivity contribution in [1.82, 2.24) is 9.88 Å². The van der Waals surface area contributed by atoms with E-state index in [4.69, 9.17) is 5.26 Å². The van der Waals surface area contributed by atoms with E-state index in [9.17, 15) is 5.11 Å². The first-order valence-electron chi connectivity index (χ1n) is 8.88. The van der Waals surface area contributed by atoms with Crippen LogP contribution in [0.25, 0.3) is 5.57 Å². The second-order valence-corrected chi connectivity index (χ2v) is 6.87. The molecule has 2 aromatic rings. The molecule has 1 aromatic heterocycles. The predicted octanol–water partition coefficient (Wildman–Crippen LogP) is 3.81. The molecule has 126 valence electrons. The van der Waals surface area contributed by atoms with E-state index < -0.39 is 0 Å². The summed E-state index contributed by atoms with van der Waals surface area (Å²) >= 11 is 0. The van der Waals surface area contributed by atoms with Crippen molar-refractivity contribution in [3.05, 3.63) is 70.2 Å². The average Bonchev–Trinajstić information content (AvgIpc) is 2.98. The van der Waals surface area contributed by atoms with Crippen LogP contribution in [-0.4, -0.2) is 28.1 Å². The molecule has 1 aliphatic carbocycles. The number of aliphatic hydroxyl groups is 1. The number of fused-ring (bicyclic) bond motifs is 1. The Kier molecular flexibility index (Phi) is 4.25. The Balaban J connectivity index is 1.58. The van der Waals surface area contributed by atoms with E-state index in [0.717, 1.165) is 42.0 Å². The average molecular weight is 331 g/mol. The van der Waals surface area contributed by atoms with Gasteiger partial charge in [-0.05, 0) is 60.8 Å². The fraction of sp³-hybridized carbons (Fsp3) is 0.333. The highest BCUT2D eigenvalue weighted by atomic mass is 16.3. The summed E-state index contributed by atoms with van der Waals surface area (Å²) in [5.41, 5.74) is 5.31. The topological polar surface area (TPSA) is 60.2 Å². The molecular weight excluding hydrogens is 310 g/mol. The van der Waals surface area contributed by atoms with Gasteiger partial charge in [-0.1, -0.05) is 18.6 Å². The van der Waals surface area contributed by atoms with Crippen LogP contribution in [0.4, 0.5) is 0 Å². The summed E-state index contributed by atoms with van der Waals surface area (Å²) in [6, 6.07) is 11.8. The van der Waals surface area contributed by atoms with Crippen molar-refractivity contribution in [3.63, 3.8) is 0 Å². The first kappa shape index (κ1) is 15.9. The molecule has 0 radical (unpaired) electrons. The zero-order chi connectivity index (χ0) is 17.2. The Bertz CT molecular complexity index is 856. The van der Waals surface area contributed by atoms with Gasteiger partial charge in [-0.3, -0.25) is 9.88 Å². The largest absolute Gasteiger partial charge is 0.511 e. The number of benzene rings is 1. The van der Waals surface area contributed by atoms with Gasteiger partial charge in [-0.25, -0.2) is 0 Å². The smallest absolute Gasteiger partial charge is 0.107 e. The SMILES string of the molecule is N#Cc1ccc2c(c1)C(c1ccc(CN3CCCCC3)cn1)=C(O)C2. The van der Waals surface area contributed by atoms with Crippen molar-refractivity contribution in [2.24, 2.45) is 0 Å². The van der Waals surface area contributed by atoms with E-state index in [1.807, 2.05) is 24.4 Å². The molecule has 1 aliphatic heterocycles. The molecule has 2 aliphatic rings. The Morgan fingerprint density at radius 3 is 2.68 bits per heavy atom. The van der Waals surface area contributed by atoms with Crippen LogP contribution in [0, 0.1) is 11.3 Å². The molecule has 4 heteroatoms. The first-order chi connectivity index (χ1) is 12.2. The number of aromatic nitrogens is 1. The summed E-state index contributed by atoms with van der Waals surface area (Å²) in [6.45, 7) is 3.27. The fourth-order valence-corrected chi connectivity index (χ4v) is 3.78. The molecule has 0 atom stereocenters. The van der Waals surface area contributed by atoms with Gasteiger partial charge < -0.3 is 5.11 Å². The molecule has 1 aromatic carbocycles. The maximum atomic E-state index is 10.4. The van der Waals surface area contributed by atoms with Gasteiger partial charge in [0.05, 0.1) is 17.3 Å². The normalized spacial score (nSPS) is 17.4. The van der Waals surface area contributed by atoms with E-state index >= 15 is 0 Å². The minimum atomic E-state index is 0.335. The van der Waals surface area contributed by atoms with Crippen molar-refractivity contribution in [1.29, 1.82) is 5.26 Å². The Morgan fingerprint density at radius 1 is 1.12 bits per heavy atom. The molecule has 1 N–H and O–H groups in total. The van der Waals surface area contributed by atoms with Crippen molar-refractivity contribution in [2.45, 2.75) is 32.2 Å². The standard InChI is InChI=1S/C21H21N3O/c22-12-15-4-6-17-11-20(25)21(18(17)10-15)19-7-5-16(13-23-19)14-24-8-2-1-3-9-24/h4-7,10,13,25H,1-3,8-9,11,14H2. The van der Waals surface area contributed by atoms with Crippen LogP contribution < -0.4 is 0 Å². The molecular formula is C21H21N3O. The zero-order valence-corrected chi connectivity index (χ0v) is 14.2. The third-order valence-corrected chi connectivity index (χ3v) is 5.09. The van der Waals surface area contributed by atoms with Crippen LogP contribution in [0.5, 0.6) is 0 Å². The molecule has 0 saturated carbocycles. The quantitative estimate of drug-likeness (QED) is 0.929. The van der Waals surface area contributed by atoms with Crippen LogP contribution in [0.15, 0.2) is 42.3 Å². The maximum absolute atomic E-state index is 10.4. The van der Waals surface area contributed by atoms with Gasteiger partial charge in [0, 0.05) is 24.7 Å². The number of hydrogen-bond donors (Lipinski definition) is 1. The molecule has 4 nitrogen and oxygen atoms in total. The minimum Gasteiger partial charge on any atom is -0.511 e. The lowest BCUT2D eigenvalue weighted by atomic mass is 10.00. The van der Waals surface area contributed by atoms with Crippen LogP contribution in [0.2, 0.25) is 0 Å². The summed E-state index contributed by atoms with van der Waals surface area (Å²) in [4.78, 5) is 7.08. The van der Waals surface area contributed by atoms with Crippen LogP contribution in [0.3, 0.4) is 0 Å². The second-order valence-electron chi connectivity index (χ2n) is 6.87. The fourth-order valence-electron chi connectivity index (χ4n) is 3.78. The Morgan fingerprint density at radius 2 is 1.96 bits per heavy atom. The third-order valence-electron chi connectivity index (χ3n) is 5.09. The Hall–Kier alpha value is -2.64. The van der Waals surface area contributed by atoms with Gasteiger partial charge in [0.25, 0.3) is 0 Å². The summed E-state index contributed by atoms with van der Waals surface area (Å²) < 4.78 is 0. The number of pyridine rings is 1. The monoisotopic (exact) mass is 331 g/mol. The van der Waals surface area contributed by atoms with E-state index in [0.29, 0.717) is 17.7 Å². The summed E-state index contributed by atoms with van der Waals surface area (Å²) in [6.07, 6.45) is 6.32. The molecule has 1 saturated heterocycles. The van der Waals surface area contributed by atoms with Crippen LogP contribution in [-0.2, 0) is 13.0 Å². The predicted molar refractivity (Wildman–Crippen MR) is 96.9 cm³/mol. The number of allylic oxidation sites excluding steroid dienone is 1. The number of piperidine rings is 1. The van der Waals surface area contributed by atoms with Crippen molar-refractivity contribution >= 4 is 5.57 Å². The van der Waals surface area contributed by atoms with Crippen molar-refractivity contribution in [3.8, 4) is 6.07 Å². The summed E-state index contributed by atoms with van der Waals surface area (Å²) in [7, 11) is 0. The molecule has 25 heavy (non-hydrogen) atoms. The highest BCUT2D eigenvalue weighted by Crippen LogP contribution is 2.36. The second kappa shape index (κ2) is 6.70. The van der Waals surface area contributed by atoms with Gasteiger partial charge in [0.1, 0.15) is 5.76 Å². The van der Waals surface area contributed by atoms with Gasteiger partial charge in [-0.2, -0.15) is 5.26 Å². The highest BCUT2D eigenvalue weighted by molar-refractivity contribution is 5.85. The Labute approximate surface area is 148 Å². The lowest BCUT2D eigenvalue weighted by Crippen LogP contribution is -2.29. The number of nitrogens with zero attached hydrogens (tertiary/aromatic N) is 3. The van der Waals surface area contributed by atoms with Crippen LogP contribution in [0.1, 0.15) is 47.2 Å². The van der Waals surface area contributed by atoms with Gasteiger partial charge in [0.2, 0.25) is 0 Å². The van der Waals surface area contributed by atoms with Crippen molar-refractivity contribution < 1.29 is 5.11 Å². The van der Waals surface area contributed by atoms with E-state index in [1.54, 1.807) is 6.07 Å². The van der Waals surface area contributed by atoms with Crippen LogP contribution >= 0.6 is 0 Å². The minimum absolute atomic E-state index is 0.335. The lowest BCUT2D eigenvalue weighted by molar-refractivity contribution is 0.220. The van der Waals surface area contributed by atoms with Gasteiger partial charge >= 0.3 is 0 Å². The molecule has 0 spiro atoms. The third kappa shape index (κ3) is 3.16. The molecule has 4 rings (SSSR count). The maximum Gasteiger partial charge on any atom is 0.107 e. The molecule has 2 heterocycles. The van der Waals surface area contributed by atoms with Gasteiger partial charge in [-0.15, -0.1) is 0 Å². The number of hydrogen-bond acceptors (Lipinski definition) is 4. The van der Waals surface area contributed by atoms with Crippen molar-refractivity contribution in [2.75, 3.05) is 13.1 Å².